The molecule has 3 N–H and O–H groups in total. The largest absolute Gasteiger partial charge is 0.491 e. The van der Waals surface area contributed by atoms with Crippen molar-refractivity contribution in [1.82, 2.24) is 9.55 Å². The number of amides is 2. The van der Waals surface area contributed by atoms with Crippen LogP contribution < -0.4 is 21.3 Å². The molecular formula is C28H29ClN4O6. The van der Waals surface area contributed by atoms with E-state index in [2.05, 4.69) is 17.2 Å². The average Bonchev–Trinajstić information content (AvgIpc) is 2.92. The van der Waals surface area contributed by atoms with Crippen LogP contribution in [0.5, 0.6) is 5.75 Å². The predicted octanol–water partition coefficient (Wildman–Crippen LogP) is 3.22. The van der Waals surface area contributed by atoms with Crippen molar-refractivity contribution in [2.45, 2.75) is 31.9 Å². The summed E-state index contributed by atoms with van der Waals surface area (Å²) in [6.07, 6.45) is 3.50. The Bertz CT molecular complexity index is 1430. The fourth-order valence-electron chi connectivity index (χ4n) is 4.85. The lowest BCUT2D eigenvalue weighted by atomic mass is 9.92. The van der Waals surface area contributed by atoms with E-state index in [0.29, 0.717) is 48.5 Å². The molecule has 10 nitrogen and oxygen atoms in total. The van der Waals surface area contributed by atoms with Gasteiger partial charge >= 0.3 is 0 Å². The highest BCUT2D eigenvalue weighted by atomic mass is 35.5. The molecule has 2 aliphatic heterocycles. The number of aromatic nitrogens is 2. The van der Waals surface area contributed by atoms with Crippen molar-refractivity contribution < 1.29 is 23.8 Å². The van der Waals surface area contributed by atoms with Crippen LogP contribution in [0.15, 0.2) is 53.6 Å². The summed E-state index contributed by atoms with van der Waals surface area (Å²) in [7, 11) is 0. The maximum Gasteiger partial charge on any atom is 0.267 e. The molecule has 2 aromatic heterocycles. The van der Waals surface area contributed by atoms with Gasteiger partial charge in [0.2, 0.25) is 5.91 Å². The Kier molecular flexibility index (Phi) is 7.97. The molecular weight excluding hydrogens is 524 g/mol. The minimum atomic E-state index is -0.949. The van der Waals surface area contributed by atoms with Gasteiger partial charge in [0.05, 0.1) is 50.6 Å². The van der Waals surface area contributed by atoms with Gasteiger partial charge in [-0.05, 0) is 47.7 Å². The molecule has 0 bridgehead atoms. The minimum Gasteiger partial charge on any atom is -0.491 e. The number of pyridine rings is 2. The van der Waals surface area contributed by atoms with E-state index in [1.807, 2.05) is 18.2 Å². The number of carbonyl (C=O) groups is 2. The minimum absolute atomic E-state index is 0.0713. The Hall–Kier alpha value is -3.73. The number of nitrogens with two attached hydrogens (primary N) is 1. The zero-order valence-corrected chi connectivity index (χ0v) is 22.1. The number of hydrogen-bond acceptors (Lipinski definition) is 7. The van der Waals surface area contributed by atoms with Crippen molar-refractivity contribution in [2.75, 3.05) is 31.7 Å². The normalized spacial score (nSPS) is 19.4. The average molecular weight is 553 g/mol. The maximum atomic E-state index is 13.6. The van der Waals surface area contributed by atoms with Crippen LogP contribution in [-0.2, 0) is 20.7 Å². The topological polar surface area (TPSA) is 135 Å². The second-order valence-corrected chi connectivity index (χ2v) is 10.3. The van der Waals surface area contributed by atoms with Crippen LogP contribution in [-0.4, -0.2) is 53.9 Å². The summed E-state index contributed by atoms with van der Waals surface area (Å²) in [5.74, 6) is -0.427. The number of rotatable bonds is 6. The van der Waals surface area contributed by atoms with Crippen LogP contribution in [0, 0.1) is 5.92 Å². The molecule has 1 saturated heterocycles. The third kappa shape index (κ3) is 6.13. The number of halogens is 1. The lowest BCUT2D eigenvalue weighted by Crippen LogP contribution is -2.38. The van der Waals surface area contributed by atoms with Gasteiger partial charge in [-0.3, -0.25) is 19.0 Å². The first-order valence-corrected chi connectivity index (χ1v) is 13.1. The number of primary amides is 1. The van der Waals surface area contributed by atoms with Crippen molar-refractivity contribution in [3.05, 3.63) is 75.4 Å². The van der Waals surface area contributed by atoms with E-state index in [9.17, 15) is 14.4 Å². The van der Waals surface area contributed by atoms with Crippen LogP contribution in [0.25, 0.3) is 11.1 Å². The number of nitrogens with one attached hydrogen (secondary N) is 1. The van der Waals surface area contributed by atoms with E-state index >= 15 is 0 Å². The Labute approximate surface area is 230 Å². The van der Waals surface area contributed by atoms with Crippen molar-refractivity contribution in [2.24, 2.45) is 11.7 Å². The summed E-state index contributed by atoms with van der Waals surface area (Å²) in [4.78, 5) is 42.5. The third-order valence-electron chi connectivity index (χ3n) is 6.79. The molecule has 0 unspecified atom stereocenters. The van der Waals surface area contributed by atoms with Gasteiger partial charge in [-0.25, -0.2) is 4.98 Å². The monoisotopic (exact) mass is 552 g/mol. The van der Waals surface area contributed by atoms with E-state index in [1.54, 1.807) is 6.20 Å². The summed E-state index contributed by atoms with van der Waals surface area (Å²) < 4.78 is 18.9. The molecule has 0 aliphatic carbocycles. The Balaban J connectivity index is 1.53. The number of fused-ring (bicyclic) bond motifs is 3. The van der Waals surface area contributed by atoms with Gasteiger partial charge in [0.1, 0.15) is 17.5 Å². The zero-order chi connectivity index (χ0) is 27.5. The van der Waals surface area contributed by atoms with E-state index < -0.39 is 17.9 Å². The number of anilines is 1. The van der Waals surface area contributed by atoms with Gasteiger partial charge in [-0.15, -0.1) is 0 Å². The second kappa shape index (κ2) is 11.6. The number of nitrogens with zero attached hydrogens (tertiary/aromatic N) is 2. The smallest absolute Gasteiger partial charge is 0.267 e. The molecule has 1 aromatic carbocycles. The summed E-state index contributed by atoms with van der Waals surface area (Å²) in [6, 6.07) is 9.13. The number of benzene rings is 1. The van der Waals surface area contributed by atoms with Gasteiger partial charge in [0, 0.05) is 23.1 Å². The molecule has 39 heavy (non-hydrogen) atoms. The Morgan fingerprint density at radius 3 is 2.74 bits per heavy atom. The highest BCUT2D eigenvalue weighted by Crippen LogP contribution is 2.37. The van der Waals surface area contributed by atoms with Gasteiger partial charge in [0.25, 0.3) is 11.5 Å². The highest BCUT2D eigenvalue weighted by Gasteiger charge is 2.30. The molecule has 2 aliphatic rings. The van der Waals surface area contributed by atoms with Gasteiger partial charge in [-0.2, -0.15) is 0 Å². The Morgan fingerprint density at radius 2 is 2.03 bits per heavy atom. The molecule has 0 spiro atoms. The first-order valence-electron chi connectivity index (χ1n) is 12.7. The third-order valence-corrected chi connectivity index (χ3v) is 7.03. The van der Waals surface area contributed by atoms with Crippen molar-refractivity contribution in [1.29, 1.82) is 0 Å². The molecule has 3 aromatic rings. The maximum absolute atomic E-state index is 13.6. The van der Waals surface area contributed by atoms with Crippen molar-refractivity contribution in [3.63, 3.8) is 0 Å². The number of carbonyl (C=O) groups excluding carboxylic acids is 2. The van der Waals surface area contributed by atoms with Crippen LogP contribution in [0.2, 0.25) is 5.02 Å². The van der Waals surface area contributed by atoms with Gasteiger partial charge < -0.3 is 25.3 Å². The SMILES string of the molecule is C[C@H]1COc2cn([C@@H](C[C@@H]3COCCO3)C(=O)Nc3ccc(C(N)=O)nc3)c(=O)cc2-c2cc(Cl)ccc2C1. The van der Waals surface area contributed by atoms with Crippen LogP contribution in [0.3, 0.4) is 0 Å². The molecule has 4 heterocycles. The lowest BCUT2D eigenvalue weighted by molar-refractivity contribution is -0.124. The molecule has 2 amide bonds. The lowest BCUT2D eigenvalue weighted by Gasteiger charge is -2.29. The molecule has 3 atom stereocenters. The zero-order valence-electron chi connectivity index (χ0n) is 21.4. The first kappa shape index (κ1) is 26.9. The van der Waals surface area contributed by atoms with E-state index in [-0.39, 0.29) is 29.7 Å². The van der Waals surface area contributed by atoms with Gasteiger partial charge in [0.15, 0.2) is 0 Å². The molecule has 204 valence electrons. The molecule has 1 fully saturated rings. The van der Waals surface area contributed by atoms with Gasteiger partial charge in [-0.1, -0.05) is 24.6 Å². The Morgan fingerprint density at radius 1 is 1.18 bits per heavy atom. The number of hydrogen-bond donors (Lipinski definition) is 2. The van der Waals surface area contributed by atoms with Crippen molar-refractivity contribution >= 4 is 29.1 Å². The summed E-state index contributed by atoms with van der Waals surface area (Å²) in [5.41, 5.74) is 7.84. The van der Waals surface area contributed by atoms with E-state index in [4.69, 9.17) is 31.5 Å². The highest BCUT2D eigenvalue weighted by molar-refractivity contribution is 6.30. The van der Waals surface area contributed by atoms with Crippen molar-refractivity contribution in [3.8, 4) is 16.9 Å². The standard InChI is InChI=1S/C28H29ClN4O6/c1-16-8-17-2-3-18(29)9-21(17)22-11-26(34)33(13-25(22)39-14-16)24(10-20-15-37-6-7-38-20)28(36)32-19-4-5-23(27(30)35)31-12-19/h2-5,9,11-13,16,20,24H,6-8,10,14-15H2,1H3,(H2,30,35)(H,32,36)/t16-,20-,24+/m1/s1. The van der Waals surface area contributed by atoms with E-state index in [1.165, 1.54) is 29.0 Å². The summed E-state index contributed by atoms with van der Waals surface area (Å²) >= 11 is 6.32. The number of ether oxygens (including phenoxy) is 3. The van der Waals surface area contributed by atoms with Crippen LogP contribution >= 0.6 is 11.6 Å². The van der Waals surface area contributed by atoms with E-state index in [0.717, 1.165) is 17.5 Å². The molecule has 0 radical (unpaired) electrons. The van der Waals surface area contributed by atoms with Crippen LogP contribution in [0.4, 0.5) is 5.69 Å². The second-order valence-electron chi connectivity index (χ2n) is 9.82. The fraction of sp³-hybridized carbons (Fsp3) is 0.357. The summed E-state index contributed by atoms with van der Waals surface area (Å²) in [5, 5.41) is 3.34. The fourth-order valence-corrected chi connectivity index (χ4v) is 5.02. The molecule has 0 saturated carbocycles. The predicted molar refractivity (Wildman–Crippen MR) is 145 cm³/mol. The molecule has 5 rings (SSSR count). The first-order chi connectivity index (χ1) is 18.8. The van der Waals surface area contributed by atoms with Crippen LogP contribution in [0.1, 0.15) is 35.4 Å². The quantitative estimate of drug-likeness (QED) is 0.479. The summed E-state index contributed by atoms with van der Waals surface area (Å²) in [6.45, 7) is 3.71. The molecule has 11 heteroatoms.